The molecule has 0 saturated heterocycles. The van der Waals surface area contributed by atoms with Crippen LogP contribution in [-0.2, 0) is 9.84 Å². The van der Waals surface area contributed by atoms with Crippen molar-refractivity contribution in [1.29, 1.82) is 0 Å². The number of sulfone groups is 1. The summed E-state index contributed by atoms with van der Waals surface area (Å²) in [6.07, 6.45) is 1.57. The number of rotatable bonds is 8. The topological polar surface area (TPSA) is 55.4 Å². The molecule has 0 radical (unpaired) electrons. The zero-order valence-electron chi connectivity index (χ0n) is 14.8. The second kappa shape index (κ2) is 8.23. The molecule has 0 aliphatic heterocycles. The number of nitrogens with one attached hydrogen (secondary N) is 1. The lowest BCUT2D eigenvalue weighted by Gasteiger charge is -2.11. The van der Waals surface area contributed by atoms with Gasteiger partial charge >= 0.3 is 0 Å². The van der Waals surface area contributed by atoms with Crippen molar-refractivity contribution in [3.05, 3.63) is 66.7 Å². The Morgan fingerprint density at radius 3 is 2.42 bits per heavy atom. The molecule has 0 atom stereocenters. The van der Waals surface area contributed by atoms with Gasteiger partial charge in [-0.1, -0.05) is 49.7 Å². The van der Waals surface area contributed by atoms with E-state index < -0.39 is 9.84 Å². The molecule has 0 aliphatic rings. The van der Waals surface area contributed by atoms with Crippen molar-refractivity contribution in [2.24, 2.45) is 0 Å². The first-order valence-electron chi connectivity index (χ1n) is 8.77. The lowest BCUT2D eigenvalue weighted by molar-refractivity contribution is 0.488. The van der Waals surface area contributed by atoms with Crippen molar-refractivity contribution >= 4 is 26.3 Å². The highest BCUT2D eigenvalue weighted by Gasteiger charge is 2.09. The van der Waals surface area contributed by atoms with Gasteiger partial charge in [-0.25, -0.2) is 8.42 Å². The number of fused-ring (bicyclic) bond motifs is 1. The van der Waals surface area contributed by atoms with Gasteiger partial charge in [0.2, 0.25) is 0 Å². The van der Waals surface area contributed by atoms with E-state index in [4.69, 9.17) is 4.74 Å². The molecular weight excluding hydrogens is 346 g/mol. The zero-order chi connectivity index (χ0) is 18.4. The van der Waals surface area contributed by atoms with Gasteiger partial charge in [0, 0.05) is 11.1 Å². The Hall–Kier alpha value is -2.53. The minimum absolute atomic E-state index is 0.0451. The molecule has 136 valence electrons. The van der Waals surface area contributed by atoms with E-state index in [2.05, 4.69) is 5.32 Å². The van der Waals surface area contributed by atoms with Crippen molar-refractivity contribution in [2.45, 2.75) is 19.8 Å². The molecule has 0 aliphatic carbocycles. The number of hydrogen-bond donors (Lipinski definition) is 1. The van der Waals surface area contributed by atoms with Crippen LogP contribution in [0.25, 0.3) is 10.8 Å². The molecule has 0 fully saturated rings. The summed E-state index contributed by atoms with van der Waals surface area (Å²) in [5.41, 5.74) is 0.760. The Morgan fingerprint density at radius 2 is 1.65 bits per heavy atom. The van der Waals surface area contributed by atoms with Crippen LogP contribution in [0.4, 0.5) is 5.69 Å². The molecule has 0 unspecified atom stereocenters. The van der Waals surface area contributed by atoms with Crippen molar-refractivity contribution in [2.75, 3.05) is 16.9 Å². The zero-order valence-corrected chi connectivity index (χ0v) is 15.6. The van der Waals surface area contributed by atoms with E-state index in [-0.39, 0.29) is 11.6 Å². The first kappa shape index (κ1) is 18.3. The Morgan fingerprint density at radius 1 is 0.923 bits per heavy atom. The number of ether oxygens (including phenoxy) is 1. The van der Waals surface area contributed by atoms with Gasteiger partial charge in [0.15, 0.2) is 9.84 Å². The number of anilines is 1. The second-order valence-corrected chi connectivity index (χ2v) is 8.41. The van der Waals surface area contributed by atoms with Crippen LogP contribution in [0, 0.1) is 0 Å². The van der Waals surface area contributed by atoms with Crippen LogP contribution >= 0.6 is 0 Å². The maximum absolute atomic E-state index is 11.9. The first-order valence-corrected chi connectivity index (χ1v) is 10.6. The third-order valence-electron chi connectivity index (χ3n) is 4.14. The monoisotopic (exact) mass is 369 g/mol. The fourth-order valence-electron chi connectivity index (χ4n) is 2.68. The predicted molar refractivity (Wildman–Crippen MR) is 108 cm³/mol. The third-order valence-corrected chi connectivity index (χ3v) is 5.63. The van der Waals surface area contributed by atoms with Gasteiger partial charge < -0.3 is 10.1 Å². The quantitative estimate of drug-likeness (QED) is 0.592. The molecule has 3 aromatic carbocycles. The third kappa shape index (κ3) is 4.76. The summed E-state index contributed by atoms with van der Waals surface area (Å²) in [6.45, 7) is 1.98. The van der Waals surface area contributed by atoms with Crippen molar-refractivity contribution in [3.63, 3.8) is 0 Å². The Kier molecular flexibility index (Phi) is 5.78. The SMILES string of the molecule is CCCCS(=O)(=O)CNc1ccc(Oc2cccc3ccccc23)cc1. The van der Waals surface area contributed by atoms with Crippen LogP contribution in [0.3, 0.4) is 0 Å². The average molecular weight is 369 g/mol. The van der Waals surface area contributed by atoms with Crippen LogP contribution in [0.2, 0.25) is 0 Å². The first-order chi connectivity index (χ1) is 12.6. The molecule has 0 heterocycles. The highest BCUT2D eigenvalue weighted by atomic mass is 32.2. The van der Waals surface area contributed by atoms with E-state index in [0.29, 0.717) is 12.2 Å². The van der Waals surface area contributed by atoms with E-state index in [9.17, 15) is 8.42 Å². The standard InChI is InChI=1S/C21H23NO3S/c1-2-3-15-26(23,24)16-22-18-11-13-19(14-12-18)25-21-10-6-8-17-7-4-5-9-20(17)21/h4-14,22H,2-3,15-16H2,1H3. The summed E-state index contributed by atoms with van der Waals surface area (Å²) >= 11 is 0. The van der Waals surface area contributed by atoms with Crippen LogP contribution < -0.4 is 10.1 Å². The normalized spacial score (nSPS) is 11.4. The lowest BCUT2D eigenvalue weighted by Crippen LogP contribution is -2.17. The molecule has 0 saturated carbocycles. The van der Waals surface area contributed by atoms with Crippen molar-refractivity contribution < 1.29 is 13.2 Å². The van der Waals surface area contributed by atoms with Crippen LogP contribution in [-0.4, -0.2) is 20.0 Å². The van der Waals surface area contributed by atoms with Crippen LogP contribution in [0.1, 0.15) is 19.8 Å². The lowest BCUT2D eigenvalue weighted by atomic mass is 10.1. The van der Waals surface area contributed by atoms with E-state index in [0.717, 1.165) is 28.6 Å². The predicted octanol–water partition coefficient (Wildman–Crippen LogP) is 5.22. The molecule has 1 N–H and O–H groups in total. The van der Waals surface area contributed by atoms with Gasteiger partial charge in [-0.05, 0) is 42.1 Å². The molecule has 3 rings (SSSR count). The van der Waals surface area contributed by atoms with Crippen molar-refractivity contribution in [3.8, 4) is 11.5 Å². The summed E-state index contributed by atoms with van der Waals surface area (Å²) in [7, 11) is -3.07. The highest BCUT2D eigenvalue weighted by Crippen LogP contribution is 2.30. The second-order valence-electron chi connectivity index (χ2n) is 6.23. The Bertz CT molecular complexity index is 961. The maximum Gasteiger partial charge on any atom is 0.168 e. The van der Waals surface area contributed by atoms with Gasteiger partial charge in [0.05, 0.1) is 5.75 Å². The minimum atomic E-state index is -3.07. The summed E-state index contributed by atoms with van der Waals surface area (Å²) in [5.74, 6) is 1.68. The van der Waals surface area contributed by atoms with Crippen LogP contribution in [0.5, 0.6) is 11.5 Å². The maximum atomic E-state index is 11.9. The minimum Gasteiger partial charge on any atom is -0.457 e. The summed E-state index contributed by atoms with van der Waals surface area (Å²) in [5, 5.41) is 5.15. The van der Waals surface area contributed by atoms with Gasteiger partial charge in [-0.2, -0.15) is 0 Å². The molecule has 26 heavy (non-hydrogen) atoms. The van der Waals surface area contributed by atoms with Gasteiger partial charge in [0.1, 0.15) is 17.4 Å². The molecule has 5 heteroatoms. The molecule has 0 spiro atoms. The molecule has 4 nitrogen and oxygen atoms in total. The van der Waals surface area contributed by atoms with E-state index in [1.54, 1.807) is 0 Å². The van der Waals surface area contributed by atoms with Gasteiger partial charge in [0.25, 0.3) is 0 Å². The van der Waals surface area contributed by atoms with Gasteiger partial charge in [-0.15, -0.1) is 0 Å². The molecular formula is C21H23NO3S. The van der Waals surface area contributed by atoms with E-state index in [1.165, 1.54) is 0 Å². The summed E-state index contributed by atoms with van der Waals surface area (Å²) in [6, 6.07) is 21.4. The number of hydrogen-bond acceptors (Lipinski definition) is 4. The van der Waals surface area contributed by atoms with Crippen molar-refractivity contribution in [1.82, 2.24) is 0 Å². The summed E-state index contributed by atoms with van der Waals surface area (Å²) < 4.78 is 29.8. The molecule has 0 bridgehead atoms. The van der Waals surface area contributed by atoms with E-state index >= 15 is 0 Å². The smallest absolute Gasteiger partial charge is 0.168 e. The molecule has 3 aromatic rings. The van der Waals surface area contributed by atoms with Crippen LogP contribution in [0.15, 0.2) is 66.7 Å². The molecule has 0 amide bonds. The number of unbranched alkanes of at least 4 members (excludes halogenated alkanes) is 1. The van der Waals surface area contributed by atoms with E-state index in [1.807, 2.05) is 73.7 Å². The largest absolute Gasteiger partial charge is 0.457 e. The Balaban J connectivity index is 1.66. The highest BCUT2D eigenvalue weighted by molar-refractivity contribution is 7.91. The number of benzene rings is 3. The average Bonchev–Trinajstić information content (AvgIpc) is 2.66. The Labute approximate surface area is 154 Å². The molecule has 0 aromatic heterocycles. The van der Waals surface area contributed by atoms with Gasteiger partial charge in [-0.3, -0.25) is 0 Å². The summed E-state index contributed by atoms with van der Waals surface area (Å²) in [4.78, 5) is 0. The fourth-order valence-corrected chi connectivity index (χ4v) is 3.94. The fraction of sp³-hybridized carbons (Fsp3) is 0.238.